The van der Waals surface area contributed by atoms with E-state index in [1.54, 1.807) is 10.6 Å². The first kappa shape index (κ1) is 24.8. The minimum atomic E-state index is -4.82. The van der Waals surface area contributed by atoms with Gasteiger partial charge in [-0.05, 0) is 30.3 Å². The molecule has 4 aromatic rings. The number of oxazole rings is 1. The van der Waals surface area contributed by atoms with E-state index < -0.39 is 18.1 Å². The first-order valence-electron chi connectivity index (χ1n) is 10.3. The van der Waals surface area contributed by atoms with Crippen LogP contribution < -0.4 is 10.1 Å². The van der Waals surface area contributed by atoms with Gasteiger partial charge in [0, 0.05) is 19.7 Å². The summed E-state index contributed by atoms with van der Waals surface area (Å²) in [6, 6.07) is 8.04. The average molecular weight is 480 g/mol. The number of anilines is 2. The molecule has 2 aromatic carbocycles. The lowest BCUT2D eigenvalue weighted by atomic mass is 10.2. The molecule has 0 aliphatic carbocycles. The summed E-state index contributed by atoms with van der Waals surface area (Å²) in [5, 5.41) is 12.1. The zero-order valence-corrected chi connectivity index (χ0v) is 18.6. The fourth-order valence-corrected chi connectivity index (χ4v) is 3.02. The number of hydrogen-bond acceptors (Lipinski definition) is 7. The van der Waals surface area contributed by atoms with Crippen molar-refractivity contribution in [3.8, 4) is 5.75 Å². The standard InChI is InChI=1S/C19H15F3N4O5.C3H8/c1-29-7-6-26-14-5-2-10(16(27)28)8-13(14)23-17(26)25-18-24-12-4-3-11(9-15(12)30-18)31-19(20,21)22;1-3-2/h2-5,8-9H,6-7H2,1H3,(H,27,28)(H,23,24,25);3H2,1-2H3. The Morgan fingerprint density at radius 1 is 1.15 bits per heavy atom. The number of nitrogens with zero attached hydrogens (tertiary/aromatic N) is 3. The van der Waals surface area contributed by atoms with Crippen molar-refractivity contribution < 1.29 is 37.0 Å². The van der Waals surface area contributed by atoms with Crippen LogP contribution in [0.4, 0.5) is 25.1 Å². The van der Waals surface area contributed by atoms with Gasteiger partial charge in [-0.25, -0.2) is 9.78 Å². The molecular formula is C22H23F3N4O5. The first-order valence-corrected chi connectivity index (χ1v) is 10.3. The van der Waals surface area contributed by atoms with Crippen molar-refractivity contribution in [2.24, 2.45) is 0 Å². The van der Waals surface area contributed by atoms with E-state index in [4.69, 9.17) is 9.15 Å². The molecule has 0 aliphatic rings. The summed E-state index contributed by atoms with van der Waals surface area (Å²) in [6.07, 6.45) is -3.57. The van der Waals surface area contributed by atoms with Gasteiger partial charge in [-0.2, -0.15) is 4.98 Å². The largest absolute Gasteiger partial charge is 0.573 e. The van der Waals surface area contributed by atoms with Crippen molar-refractivity contribution >= 4 is 40.1 Å². The molecule has 0 radical (unpaired) electrons. The third-order valence-corrected chi connectivity index (χ3v) is 4.33. The van der Waals surface area contributed by atoms with Gasteiger partial charge < -0.3 is 23.6 Å². The fourth-order valence-electron chi connectivity index (χ4n) is 3.02. The molecule has 0 fully saturated rings. The van der Waals surface area contributed by atoms with Gasteiger partial charge in [0.2, 0.25) is 5.95 Å². The van der Waals surface area contributed by atoms with Gasteiger partial charge in [0.15, 0.2) is 5.58 Å². The third-order valence-electron chi connectivity index (χ3n) is 4.33. The SMILES string of the molecule is CCC.COCCn1c(Nc2nc3ccc(OC(F)(F)F)cc3o2)nc2cc(C(=O)O)ccc21. The predicted octanol–water partition coefficient (Wildman–Crippen LogP) is 5.58. The number of imidazole rings is 1. The molecule has 0 saturated heterocycles. The van der Waals surface area contributed by atoms with Crippen molar-refractivity contribution in [2.75, 3.05) is 19.0 Å². The number of aromatic nitrogens is 3. The van der Waals surface area contributed by atoms with E-state index in [0.717, 1.165) is 12.1 Å². The Morgan fingerprint density at radius 3 is 2.53 bits per heavy atom. The highest BCUT2D eigenvalue weighted by atomic mass is 19.4. The minimum absolute atomic E-state index is 0.00779. The van der Waals surface area contributed by atoms with Crippen LogP contribution in [0, 0.1) is 0 Å². The van der Waals surface area contributed by atoms with Gasteiger partial charge in [0.1, 0.15) is 11.3 Å². The van der Waals surface area contributed by atoms with Crippen LogP contribution in [0.25, 0.3) is 22.1 Å². The van der Waals surface area contributed by atoms with Crippen molar-refractivity contribution in [1.82, 2.24) is 14.5 Å². The molecule has 9 nitrogen and oxygen atoms in total. The molecule has 2 aromatic heterocycles. The van der Waals surface area contributed by atoms with Crippen LogP contribution in [0.2, 0.25) is 0 Å². The smallest absolute Gasteiger partial charge is 0.478 e. The number of alkyl halides is 3. The second kappa shape index (κ2) is 10.4. The highest BCUT2D eigenvalue weighted by Crippen LogP contribution is 2.30. The summed E-state index contributed by atoms with van der Waals surface area (Å²) in [6.45, 7) is 5.00. The van der Waals surface area contributed by atoms with E-state index in [-0.39, 0.29) is 17.2 Å². The van der Waals surface area contributed by atoms with Crippen LogP contribution in [0.3, 0.4) is 0 Å². The number of nitrogens with one attached hydrogen (secondary N) is 1. The molecule has 182 valence electrons. The highest BCUT2D eigenvalue weighted by Gasteiger charge is 2.31. The van der Waals surface area contributed by atoms with Crippen molar-refractivity contribution in [3.63, 3.8) is 0 Å². The monoisotopic (exact) mass is 480 g/mol. The lowest BCUT2D eigenvalue weighted by Crippen LogP contribution is -2.16. The number of rotatable bonds is 7. The van der Waals surface area contributed by atoms with Crippen LogP contribution in [0.1, 0.15) is 30.6 Å². The number of hydrogen-bond donors (Lipinski definition) is 2. The number of halogens is 3. The Balaban J connectivity index is 0.00000103. The highest BCUT2D eigenvalue weighted by molar-refractivity contribution is 5.93. The van der Waals surface area contributed by atoms with Crippen LogP contribution in [0.15, 0.2) is 40.8 Å². The van der Waals surface area contributed by atoms with Crippen molar-refractivity contribution in [2.45, 2.75) is 33.2 Å². The number of aromatic carboxylic acids is 1. The van der Waals surface area contributed by atoms with Gasteiger partial charge in [-0.15, -0.1) is 13.2 Å². The number of carbonyl (C=O) groups is 1. The van der Waals surface area contributed by atoms with E-state index in [0.29, 0.717) is 35.7 Å². The summed E-state index contributed by atoms with van der Waals surface area (Å²) >= 11 is 0. The number of benzene rings is 2. The molecule has 2 N–H and O–H groups in total. The number of carboxylic acids is 1. The third kappa shape index (κ3) is 5.95. The maximum absolute atomic E-state index is 12.4. The van der Waals surface area contributed by atoms with Gasteiger partial charge >= 0.3 is 18.3 Å². The van der Waals surface area contributed by atoms with Crippen LogP contribution >= 0.6 is 0 Å². The fraction of sp³-hybridized carbons (Fsp3) is 0.318. The van der Waals surface area contributed by atoms with E-state index in [9.17, 15) is 23.1 Å². The maximum atomic E-state index is 12.4. The molecule has 0 amide bonds. The Labute approximate surface area is 192 Å². The van der Waals surface area contributed by atoms with E-state index >= 15 is 0 Å². The van der Waals surface area contributed by atoms with Crippen molar-refractivity contribution in [3.05, 3.63) is 42.0 Å². The molecule has 0 saturated carbocycles. The first-order chi connectivity index (χ1) is 16.1. The molecule has 0 unspecified atom stereocenters. The zero-order valence-electron chi connectivity index (χ0n) is 18.6. The Bertz CT molecular complexity index is 1280. The topological polar surface area (TPSA) is 112 Å². The van der Waals surface area contributed by atoms with E-state index in [2.05, 4.69) is 33.9 Å². The molecule has 0 atom stereocenters. The maximum Gasteiger partial charge on any atom is 0.573 e. The number of fused-ring (bicyclic) bond motifs is 2. The summed E-state index contributed by atoms with van der Waals surface area (Å²) in [5.41, 5.74) is 1.55. The molecule has 4 rings (SSSR count). The Hall–Kier alpha value is -3.80. The normalized spacial score (nSPS) is 11.4. The molecule has 0 aliphatic heterocycles. The second-order valence-corrected chi connectivity index (χ2v) is 7.12. The van der Waals surface area contributed by atoms with Gasteiger partial charge in [0.05, 0.1) is 23.2 Å². The quantitative estimate of drug-likeness (QED) is 0.353. The van der Waals surface area contributed by atoms with Crippen LogP contribution in [-0.2, 0) is 11.3 Å². The van der Waals surface area contributed by atoms with E-state index in [1.807, 2.05) is 0 Å². The Morgan fingerprint density at radius 2 is 1.88 bits per heavy atom. The zero-order chi connectivity index (χ0) is 24.9. The van der Waals surface area contributed by atoms with Crippen molar-refractivity contribution in [1.29, 1.82) is 0 Å². The minimum Gasteiger partial charge on any atom is -0.478 e. The van der Waals surface area contributed by atoms with Gasteiger partial charge in [0.25, 0.3) is 0 Å². The summed E-state index contributed by atoms with van der Waals surface area (Å²) < 4.78 is 53.5. The molecule has 0 spiro atoms. The molecule has 0 bridgehead atoms. The molecule has 12 heteroatoms. The molecule has 34 heavy (non-hydrogen) atoms. The summed E-state index contributed by atoms with van der Waals surface area (Å²) in [7, 11) is 1.54. The van der Waals surface area contributed by atoms with Crippen LogP contribution in [-0.4, -0.2) is 45.7 Å². The Kier molecular flexibility index (Phi) is 7.61. The average Bonchev–Trinajstić information content (AvgIpc) is 3.31. The lowest BCUT2D eigenvalue weighted by Gasteiger charge is -2.08. The number of carboxylic acid groups (broad SMARTS) is 1. The number of ether oxygens (including phenoxy) is 2. The molecule has 2 heterocycles. The number of methoxy groups -OCH3 is 1. The summed E-state index contributed by atoms with van der Waals surface area (Å²) in [4.78, 5) is 19.8. The van der Waals surface area contributed by atoms with Gasteiger partial charge in [-0.3, -0.25) is 5.32 Å². The van der Waals surface area contributed by atoms with E-state index in [1.165, 1.54) is 31.7 Å². The second-order valence-electron chi connectivity index (χ2n) is 7.12. The molecular weight excluding hydrogens is 457 g/mol. The predicted molar refractivity (Wildman–Crippen MR) is 119 cm³/mol. The van der Waals surface area contributed by atoms with Gasteiger partial charge in [-0.1, -0.05) is 20.3 Å². The lowest BCUT2D eigenvalue weighted by molar-refractivity contribution is -0.274. The van der Waals surface area contributed by atoms with Crippen LogP contribution in [0.5, 0.6) is 5.75 Å². The summed E-state index contributed by atoms with van der Waals surface area (Å²) in [5.74, 6) is -1.22.